The van der Waals surface area contributed by atoms with Gasteiger partial charge in [-0.25, -0.2) is 0 Å². The van der Waals surface area contributed by atoms with Crippen LogP contribution in [0.25, 0.3) is 11.6 Å². The molecule has 1 aliphatic heterocycles. The number of benzene rings is 1. The molecule has 0 saturated heterocycles. The van der Waals surface area contributed by atoms with Crippen LogP contribution < -0.4 is 5.32 Å². The molecule has 1 aromatic carbocycles. The molecule has 1 aliphatic carbocycles. The summed E-state index contributed by atoms with van der Waals surface area (Å²) in [5.41, 5.74) is 6.44. The number of rotatable bonds is 2. The lowest BCUT2D eigenvalue weighted by Crippen LogP contribution is -2.15. The first kappa shape index (κ1) is 15.3. The normalized spacial score (nSPS) is 19.6. The van der Waals surface area contributed by atoms with Crippen LogP contribution in [0.1, 0.15) is 60.7 Å². The summed E-state index contributed by atoms with van der Waals surface area (Å²) in [6, 6.07) is 10.8. The number of nitrogens with zero attached hydrogens (tertiary/aromatic N) is 1. The Bertz CT molecular complexity index is 822. The molecule has 0 atom stereocenters. The summed E-state index contributed by atoms with van der Waals surface area (Å²) in [6.45, 7) is 4.37. The van der Waals surface area contributed by atoms with Crippen molar-refractivity contribution in [2.45, 2.75) is 52.0 Å². The fourth-order valence-corrected chi connectivity index (χ4v) is 4.29. The monoisotopic (exact) mass is 320 g/mol. The van der Waals surface area contributed by atoms with Crippen molar-refractivity contribution in [3.05, 3.63) is 52.8 Å². The van der Waals surface area contributed by atoms with Gasteiger partial charge in [-0.1, -0.05) is 37.5 Å². The third kappa shape index (κ3) is 2.48. The minimum absolute atomic E-state index is 0.00123. The van der Waals surface area contributed by atoms with Gasteiger partial charge in [0.2, 0.25) is 0 Å². The number of carbonyl (C=O) groups is 1. The van der Waals surface area contributed by atoms with Crippen LogP contribution in [-0.4, -0.2) is 10.5 Å². The molecule has 2 heterocycles. The van der Waals surface area contributed by atoms with Crippen molar-refractivity contribution in [2.24, 2.45) is 0 Å². The van der Waals surface area contributed by atoms with Crippen LogP contribution >= 0.6 is 0 Å². The van der Waals surface area contributed by atoms with Crippen LogP contribution in [0.5, 0.6) is 0 Å². The lowest BCUT2D eigenvalue weighted by Gasteiger charge is -2.26. The van der Waals surface area contributed by atoms with Crippen molar-refractivity contribution >= 4 is 23.2 Å². The topological polar surface area (TPSA) is 34.0 Å². The Kier molecular flexibility index (Phi) is 3.79. The molecular formula is C21H24N2O. The maximum atomic E-state index is 12.4. The summed E-state index contributed by atoms with van der Waals surface area (Å²) in [4.78, 5) is 12.4. The predicted molar refractivity (Wildman–Crippen MR) is 99.0 cm³/mol. The molecule has 1 saturated carbocycles. The average Bonchev–Trinajstić information content (AvgIpc) is 3.05. The van der Waals surface area contributed by atoms with Crippen molar-refractivity contribution in [2.75, 3.05) is 5.32 Å². The molecule has 4 rings (SSSR count). The zero-order valence-electron chi connectivity index (χ0n) is 14.4. The molecule has 2 aromatic rings. The molecule has 1 aromatic heterocycles. The fraction of sp³-hybridized carbons (Fsp3) is 0.381. The number of para-hydroxylation sites is 1. The fourth-order valence-electron chi connectivity index (χ4n) is 4.29. The van der Waals surface area contributed by atoms with Crippen molar-refractivity contribution in [1.82, 2.24) is 4.57 Å². The number of aryl methyl sites for hydroxylation is 1. The van der Waals surface area contributed by atoms with E-state index in [0.717, 1.165) is 16.8 Å². The number of anilines is 1. The van der Waals surface area contributed by atoms with E-state index in [0.29, 0.717) is 6.04 Å². The Labute approximate surface area is 143 Å². The minimum Gasteiger partial charge on any atom is -0.346 e. The van der Waals surface area contributed by atoms with Crippen molar-refractivity contribution in [3.8, 4) is 0 Å². The highest BCUT2D eigenvalue weighted by Crippen LogP contribution is 2.36. The van der Waals surface area contributed by atoms with Gasteiger partial charge >= 0.3 is 0 Å². The van der Waals surface area contributed by atoms with Gasteiger partial charge in [-0.15, -0.1) is 0 Å². The molecule has 0 bridgehead atoms. The van der Waals surface area contributed by atoms with Crippen LogP contribution in [0.4, 0.5) is 5.69 Å². The zero-order chi connectivity index (χ0) is 16.7. The van der Waals surface area contributed by atoms with Gasteiger partial charge in [-0.3, -0.25) is 4.79 Å². The third-order valence-electron chi connectivity index (χ3n) is 5.47. The van der Waals surface area contributed by atoms with Gasteiger partial charge in [0.15, 0.2) is 0 Å². The van der Waals surface area contributed by atoms with E-state index < -0.39 is 0 Å². The first-order chi connectivity index (χ1) is 11.6. The molecule has 1 N–H and O–H groups in total. The Morgan fingerprint density at radius 3 is 2.67 bits per heavy atom. The second kappa shape index (κ2) is 5.97. The molecule has 3 nitrogen and oxygen atoms in total. The molecule has 124 valence electrons. The molecule has 24 heavy (non-hydrogen) atoms. The van der Waals surface area contributed by atoms with Crippen molar-refractivity contribution < 1.29 is 4.79 Å². The summed E-state index contributed by atoms with van der Waals surface area (Å²) in [7, 11) is 0. The highest BCUT2D eigenvalue weighted by molar-refractivity contribution is 6.34. The maximum Gasteiger partial charge on any atom is 0.256 e. The van der Waals surface area contributed by atoms with Crippen LogP contribution in [-0.2, 0) is 4.79 Å². The average molecular weight is 320 g/mol. The smallest absolute Gasteiger partial charge is 0.256 e. The number of hydrogen-bond acceptors (Lipinski definition) is 1. The molecule has 0 radical (unpaired) electrons. The zero-order valence-corrected chi connectivity index (χ0v) is 14.4. The number of nitrogens with one attached hydrogen (secondary N) is 1. The quantitative estimate of drug-likeness (QED) is 0.767. The van der Waals surface area contributed by atoms with E-state index in [2.05, 4.69) is 35.9 Å². The highest BCUT2D eigenvalue weighted by atomic mass is 16.2. The molecular weight excluding hydrogens is 296 g/mol. The summed E-state index contributed by atoms with van der Waals surface area (Å²) in [5, 5.41) is 2.96. The summed E-state index contributed by atoms with van der Waals surface area (Å²) in [5.74, 6) is -0.00123. The van der Waals surface area contributed by atoms with Crippen LogP contribution in [0.15, 0.2) is 30.3 Å². The maximum absolute atomic E-state index is 12.4. The van der Waals surface area contributed by atoms with E-state index in [1.54, 1.807) is 0 Å². The predicted octanol–water partition coefficient (Wildman–Crippen LogP) is 5.10. The van der Waals surface area contributed by atoms with Gasteiger partial charge in [-0.05, 0) is 50.5 Å². The molecule has 3 heteroatoms. The molecule has 0 unspecified atom stereocenters. The second-order valence-corrected chi connectivity index (χ2v) is 7.05. The van der Waals surface area contributed by atoms with Crippen molar-refractivity contribution in [3.63, 3.8) is 0 Å². The Balaban J connectivity index is 1.74. The van der Waals surface area contributed by atoms with E-state index in [4.69, 9.17) is 0 Å². The van der Waals surface area contributed by atoms with Gasteiger partial charge in [-0.2, -0.15) is 0 Å². The third-order valence-corrected chi connectivity index (χ3v) is 5.47. The Morgan fingerprint density at radius 2 is 1.88 bits per heavy atom. The largest absolute Gasteiger partial charge is 0.346 e. The van der Waals surface area contributed by atoms with E-state index in [9.17, 15) is 4.79 Å². The highest BCUT2D eigenvalue weighted by Gasteiger charge is 2.25. The summed E-state index contributed by atoms with van der Waals surface area (Å²) >= 11 is 0. The number of fused-ring (bicyclic) bond motifs is 1. The Hall–Kier alpha value is -2.29. The van der Waals surface area contributed by atoms with Gasteiger partial charge in [0.1, 0.15) is 0 Å². The Morgan fingerprint density at radius 1 is 1.12 bits per heavy atom. The lowest BCUT2D eigenvalue weighted by molar-refractivity contribution is -0.110. The van der Waals surface area contributed by atoms with E-state index in [-0.39, 0.29) is 5.91 Å². The SMILES string of the molecule is Cc1cc(/C=C2/C(=O)Nc3ccccc32)c(C)n1C1CCCCC1. The molecule has 1 fully saturated rings. The van der Waals surface area contributed by atoms with Crippen LogP contribution in [0, 0.1) is 13.8 Å². The van der Waals surface area contributed by atoms with Gasteiger partial charge in [0, 0.05) is 34.3 Å². The summed E-state index contributed by atoms with van der Waals surface area (Å²) in [6.07, 6.45) is 8.62. The van der Waals surface area contributed by atoms with Gasteiger partial charge in [0.25, 0.3) is 5.91 Å². The summed E-state index contributed by atoms with van der Waals surface area (Å²) < 4.78 is 2.49. The van der Waals surface area contributed by atoms with E-state index >= 15 is 0 Å². The standard InChI is InChI=1S/C21H24N2O/c1-14-12-16(15(2)23(14)17-8-4-3-5-9-17)13-19-18-10-6-7-11-20(18)22-21(19)24/h6-7,10-13,17H,3-5,8-9H2,1-2H3,(H,22,24)/b19-13+. The lowest BCUT2D eigenvalue weighted by atomic mass is 9.95. The molecule has 0 spiro atoms. The number of hydrogen-bond donors (Lipinski definition) is 1. The number of carbonyl (C=O) groups excluding carboxylic acids is 1. The number of aromatic nitrogens is 1. The van der Waals surface area contributed by atoms with E-state index in [1.807, 2.05) is 24.3 Å². The van der Waals surface area contributed by atoms with Crippen LogP contribution in [0.2, 0.25) is 0 Å². The molecule has 2 aliphatic rings. The van der Waals surface area contributed by atoms with Gasteiger partial charge < -0.3 is 9.88 Å². The minimum atomic E-state index is -0.00123. The molecule has 1 amide bonds. The van der Waals surface area contributed by atoms with Crippen molar-refractivity contribution in [1.29, 1.82) is 0 Å². The van der Waals surface area contributed by atoms with Crippen LogP contribution in [0.3, 0.4) is 0 Å². The second-order valence-electron chi connectivity index (χ2n) is 7.05. The van der Waals surface area contributed by atoms with E-state index in [1.165, 1.54) is 49.1 Å². The number of amides is 1. The first-order valence-corrected chi connectivity index (χ1v) is 8.96. The first-order valence-electron chi connectivity index (χ1n) is 8.96. The van der Waals surface area contributed by atoms with Gasteiger partial charge in [0.05, 0.1) is 0 Å².